The predicted octanol–water partition coefficient (Wildman–Crippen LogP) is 8.82. The van der Waals surface area contributed by atoms with Gasteiger partial charge in [0.25, 0.3) is 5.69 Å². The van der Waals surface area contributed by atoms with E-state index in [9.17, 15) is 34.1 Å². The molecule has 8 rings (SSSR count). The van der Waals surface area contributed by atoms with Crippen LogP contribution in [0.25, 0.3) is 22.3 Å². The minimum Gasteiger partial charge on any atom is -0.466 e. The number of anilines is 1. The predicted molar refractivity (Wildman–Crippen MR) is 253 cm³/mol. The standard InChI is InChI=1S/C24H20N2O6.C24H22N2O4.C4H8O2/c27-23(16-9-11-17(12-10-16)26(29)30)31-14-13-25-24(28)32-15-22-20-7-3-1-5-18(20)19-6-2-4-8-21(19)22;25-17-11-9-16(10-12-17)23(27)29-14-13-26-24(28)30-15-22-20-7-3-1-5-18(20)19-6-2-4-8-21(19)22;1-3-6-4(2)5/h1-12,22H,13-15H2,(H,25,28);1-12,22H,13-15,25H2,(H,26,28);3H2,1-2H3. The van der Waals surface area contributed by atoms with E-state index in [1.54, 1.807) is 31.2 Å². The maximum absolute atomic E-state index is 12.1. The molecule has 16 heteroatoms. The number of benzene rings is 6. The Morgan fingerprint density at radius 1 is 0.529 bits per heavy atom. The molecule has 0 saturated heterocycles. The highest BCUT2D eigenvalue weighted by molar-refractivity contribution is 5.90. The number of amides is 2. The Balaban J connectivity index is 0.000000200. The molecule has 2 aliphatic rings. The Hall–Kier alpha value is -8.53. The van der Waals surface area contributed by atoms with Crippen LogP contribution in [0.4, 0.5) is 21.0 Å². The molecule has 0 radical (unpaired) electrons. The quantitative estimate of drug-likeness (QED) is 0.0232. The number of carbonyl (C=O) groups is 5. The summed E-state index contributed by atoms with van der Waals surface area (Å²) in [6.45, 7) is 4.33. The molecule has 0 bridgehead atoms. The number of hydrogen-bond acceptors (Lipinski definition) is 13. The SMILES string of the molecule is CCOC(C)=O.Nc1ccc(C(=O)OCCNC(=O)OCC2c3ccccc3-c3ccccc32)cc1.O=C(NCCOC(=O)c1ccc([N+](=O)[O-])cc1)OCC1c2ccccc2-c2ccccc21. The normalized spacial score (nSPS) is 11.6. The van der Waals surface area contributed by atoms with Gasteiger partial charge in [-0.1, -0.05) is 97.1 Å². The number of alkyl carbamates (subject to hydrolysis) is 2. The summed E-state index contributed by atoms with van der Waals surface area (Å²) in [5.41, 5.74) is 15.9. The Labute approximate surface area is 392 Å². The van der Waals surface area contributed by atoms with Gasteiger partial charge in [-0.25, -0.2) is 19.2 Å². The van der Waals surface area contributed by atoms with Gasteiger partial charge in [0.2, 0.25) is 0 Å². The molecule has 350 valence electrons. The smallest absolute Gasteiger partial charge is 0.407 e. The first kappa shape index (κ1) is 48.9. The zero-order valence-electron chi connectivity index (χ0n) is 37.4. The number of rotatable bonds is 14. The molecule has 0 aromatic heterocycles. The summed E-state index contributed by atoms with van der Waals surface area (Å²) < 4.78 is 25.5. The van der Waals surface area contributed by atoms with Gasteiger partial charge in [0.15, 0.2) is 0 Å². The van der Waals surface area contributed by atoms with Crippen LogP contribution in [0.1, 0.15) is 68.7 Å². The first-order valence-electron chi connectivity index (χ1n) is 21.7. The highest BCUT2D eigenvalue weighted by atomic mass is 16.6. The Bertz CT molecular complexity index is 2630. The van der Waals surface area contributed by atoms with Crippen LogP contribution >= 0.6 is 0 Å². The fraction of sp³-hybridized carbons (Fsp3) is 0.212. The lowest BCUT2D eigenvalue weighted by molar-refractivity contribution is -0.384. The van der Waals surface area contributed by atoms with Crippen molar-refractivity contribution in [2.45, 2.75) is 25.7 Å². The Morgan fingerprint density at radius 3 is 1.21 bits per heavy atom. The summed E-state index contributed by atoms with van der Waals surface area (Å²) in [5.74, 6) is -1.34. The second-order valence-electron chi connectivity index (χ2n) is 15.1. The largest absolute Gasteiger partial charge is 0.466 e. The van der Waals surface area contributed by atoms with Gasteiger partial charge in [-0.3, -0.25) is 14.9 Å². The van der Waals surface area contributed by atoms with Crippen molar-refractivity contribution in [2.75, 3.05) is 51.9 Å². The third-order valence-corrected chi connectivity index (χ3v) is 10.7. The molecule has 0 atom stereocenters. The van der Waals surface area contributed by atoms with Gasteiger partial charge < -0.3 is 40.1 Å². The number of nitrogen functional groups attached to an aromatic ring is 1. The molecule has 68 heavy (non-hydrogen) atoms. The summed E-state index contributed by atoms with van der Waals surface area (Å²) in [5, 5.41) is 15.8. The van der Waals surface area contributed by atoms with E-state index in [0.717, 1.165) is 33.4 Å². The van der Waals surface area contributed by atoms with Crippen molar-refractivity contribution in [1.29, 1.82) is 0 Å². The van der Waals surface area contributed by atoms with E-state index in [2.05, 4.69) is 51.8 Å². The van der Waals surface area contributed by atoms with Crippen LogP contribution in [-0.4, -0.2) is 81.1 Å². The van der Waals surface area contributed by atoms with Gasteiger partial charge in [-0.2, -0.15) is 0 Å². The number of nitro benzene ring substituents is 1. The van der Waals surface area contributed by atoms with E-state index < -0.39 is 29.0 Å². The lowest BCUT2D eigenvalue weighted by atomic mass is 9.98. The first-order valence-corrected chi connectivity index (χ1v) is 21.7. The van der Waals surface area contributed by atoms with Gasteiger partial charge in [0.1, 0.15) is 26.4 Å². The van der Waals surface area contributed by atoms with Crippen molar-refractivity contribution in [2.24, 2.45) is 0 Å². The van der Waals surface area contributed by atoms with Crippen LogP contribution < -0.4 is 16.4 Å². The summed E-state index contributed by atoms with van der Waals surface area (Å²) >= 11 is 0. The summed E-state index contributed by atoms with van der Waals surface area (Å²) in [4.78, 5) is 68.0. The second kappa shape index (κ2) is 24.1. The number of esters is 3. The van der Waals surface area contributed by atoms with Gasteiger partial charge >= 0.3 is 30.1 Å². The van der Waals surface area contributed by atoms with Crippen LogP contribution in [0.3, 0.4) is 0 Å². The number of nitrogens with one attached hydrogen (secondary N) is 2. The van der Waals surface area contributed by atoms with Crippen LogP contribution in [-0.2, 0) is 28.5 Å². The van der Waals surface area contributed by atoms with E-state index >= 15 is 0 Å². The minimum atomic E-state index is -0.630. The average Bonchev–Trinajstić information content (AvgIpc) is 3.85. The van der Waals surface area contributed by atoms with Gasteiger partial charge in [-0.15, -0.1) is 0 Å². The molecule has 6 aromatic carbocycles. The summed E-state index contributed by atoms with van der Waals surface area (Å²) in [7, 11) is 0. The number of carbonyl (C=O) groups excluding carboxylic acids is 5. The molecular weight excluding hydrogens is 873 g/mol. The highest BCUT2D eigenvalue weighted by Crippen LogP contribution is 2.45. The molecule has 16 nitrogen and oxygen atoms in total. The van der Waals surface area contributed by atoms with Crippen molar-refractivity contribution in [3.8, 4) is 22.3 Å². The minimum absolute atomic E-state index is 0.00601. The molecule has 0 fully saturated rings. The van der Waals surface area contributed by atoms with Crippen LogP contribution in [0.2, 0.25) is 0 Å². The van der Waals surface area contributed by atoms with Crippen LogP contribution in [0.5, 0.6) is 0 Å². The molecule has 2 amide bonds. The van der Waals surface area contributed by atoms with Crippen molar-refractivity contribution >= 4 is 41.5 Å². The molecule has 4 N–H and O–H groups in total. The van der Waals surface area contributed by atoms with E-state index in [-0.39, 0.29) is 68.6 Å². The second-order valence-corrected chi connectivity index (χ2v) is 15.1. The van der Waals surface area contributed by atoms with Crippen molar-refractivity contribution < 1.29 is 52.6 Å². The lowest BCUT2D eigenvalue weighted by Crippen LogP contribution is -2.29. The van der Waals surface area contributed by atoms with Crippen LogP contribution in [0, 0.1) is 10.1 Å². The van der Waals surface area contributed by atoms with Crippen molar-refractivity contribution in [3.05, 3.63) is 189 Å². The lowest BCUT2D eigenvalue weighted by Gasteiger charge is -2.14. The maximum atomic E-state index is 12.1. The van der Waals surface area contributed by atoms with Gasteiger partial charge in [0, 0.05) is 36.6 Å². The molecule has 0 saturated carbocycles. The number of nitro groups is 1. The van der Waals surface area contributed by atoms with Gasteiger partial charge in [-0.05, 0) is 87.8 Å². The number of hydrogen-bond donors (Lipinski definition) is 3. The van der Waals surface area contributed by atoms with Crippen molar-refractivity contribution in [3.63, 3.8) is 0 Å². The molecule has 0 spiro atoms. The topological polar surface area (TPSA) is 225 Å². The molecule has 0 unspecified atom stereocenters. The fourth-order valence-electron chi connectivity index (χ4n) is 7.60. The number of fused-ring (bicyclic) bond motifs is 6. The molecule has 6 aromatic rings. The number of non-ortho nitro benzene ring substituents is 1. The number of nitrogens with two attached hydrogens (primary N) is 1. The third-order valence-electron chi connectivity index (χ3n) is 10.7. The first-order chi connectivity index (χ1) is 32.9. The zero-order valence-corrected chi connectivity index (χ0v) is 37.4. The monoisotopic (exact) mass is 922 g/mol. The maximum Gasteiger partial charge on any atom is 0.407 e. The zero-order chi connectivity index (χ0) is 48.4. The molecule has 0 heterocycles. The molecule has 2 aliphatic carbocycles. The fourth-order valence-corrected chi connectivity index (χ4v) is 7.60. The Kier molecular flexibility index (Phi) is 17.4. The number of nitrogens with zero attached hydrogens (tertiary/aromatic N) is 1. The third kappa shape index (κ3) is 13.1. The molecule has 0 aliphatic heterocycles. The average molecular weight is 923 g/mol. The van der Waals surface area contributed by atoms with E-state index in [1.165, 1.54) is 42.3 Å². The van der Waals surface area contributed by atoms with E-state index in [4.69, 9.17) is 24.7 Å². The summed E-state index contributed by atoms with van der Waals surface area (Å²) in [6, 6.07) is 44.0. The summed E-state index contributed by atoms with van der Waals surface area (Å²) in [6.07, 6.45) is -1.14. The van der Waals surface area contributed by atoms with Crippen molar-refractivity contribution in [1.82, 2.24) is 10.6 Å². The van der Waals surface area contributed by atoms with Gasteiger partial charge in [0.05, 0.1) is 35.7 Å². The van der Waals surface area contributed by atoms with E-state index in [0.29, 0.717) is 17.9 Å². The Morgan fingerprint density at radius 2 is 0.882 bits per heavy atom. The number of ether oxygens (including phenoxy) is 5. The van der Waals surface area contributed by atoms with Crippen LogP contribution in [0.15, 0.2) is 146 Å². The highest BCUT2D eigenvalue weighted by Gasteiger charge is 2.30. The van der Waals surface area contributed by atoms with E-state index in [1.807, 2.05) is 60.7 Å². The molecular formula is C52H50N4O12.